The van der Waals surface area contributed by atoms with Crippen LogP contribution in [0.4, 0.5) is 5.69 Å². The number of piperazine rings is 1. The van der Waals surface area contributed by atoms with Crippen molar-refractivity contribution in [3.05, 3.63) is 23.8 Å². The summed E-state index contributed by atoms with van der Waals surface area (Å²) in [5, 5.41) is 0. The van der Waals surface area contributed by atoms with E-state index in [0.717, 1.165) is 56.4 Å². The maximum Gasteiger partial charge on any atom is 0.240 e. The Morgan fingerprint density at radius 2 is 1.75 bits per heavy atom. The first-order valence-electron chi connectivity index (χ1n) is 12.1. The highest BCUT2D eigenvalue weighted by atomic mass is 32.2. The molecule has 8 heteroatoms. The lowest BCUT2D eigenvalue weighted by molar-refractivity contribution is -0.121. The van der Waals surface area contributed by atoms with Gasteiger partial charge in [0, 0.05) is 51.5 Å². The molecule has 1 saturated carbocycles. The number of nitrogens with zero attached hydrogens (tertiary/aromatic N) is 3. The number of carbonyl (C=O) groups is 1. The second kappa shape index (κ2) is 9.41. The summed E-state index contributed by atoms with van der Waals surface area (Å²) in [4.78, 5) is 19.4. The summed E-state index contributed by atoms with van der Waals surface area (Å²) >= 11 is 0. The van der Waals surface area contributed by atoms with Crippen LogP contribution in [0.25, 0.3) is 0 Å². The zero-order valence-electron chi connectivity index (χ0n) is 19.8. The number of hydrogen-bond donors (Lipinski definition) is 1. The molecule has 2 aliphatic heterocycles. The van der Waals surface area contributed by atoms with Gasteiger partial charge in [0.2, 0.25) is 15.9 Å². The van der Waals surface area contributed by atoms with Gasteiger partial charge in [-0.3, -0.25) is 9.69 Å². The van der Waals surface area contributed by atoms with Crippen LogP contribution in [0.15, 0.2) is 23.1 Å². The minimum Gasteiger partial charge on any atom is -0.314 e. The molecule has 1 aromatic rings. The van der Waals surface area contributed by atoms with Gasteiger partial charge >= 0.3 is 0 Å². The maximum atomic E-state index is 12.8. The number of hydrogen-bond acceptors (Lipinski definition) is 5. The normalized spacial score (nSPS) is 23.0. The zero-order valence-corrected chi connectivity index (χ0v) is 20.6. The largest absolute Gasteiger partial charge is 0.314 e. The Labute approximate surface area is 193 Å². The average Bonchev–Trinajstić information content (AvgIpc) is 2.97. The molecule has 178 valence electrons. The quantitative estimate of drug-likeness (QED) is 0.631. The molecule has 0 bridgehead atoms. The predicted molar refractivity (Wildman–Crippen MR) is 128 cm³/mol. The maximum absolute atomic E-state index is 12.8. The summed E-state index contributed by atoms with van der Waals surface area (Å²) in [6.45, 7) is 9.44. The van der Waals surface area contributed by atoms with Gasteiger partial charge in [-0.2, -0.15) is 0 Å². The molecule has 3 aliphatic rings. The average molecular weight is 463 g/mol. The van der Waals surface area contributed by atoms with Crippen molar-refractivity contribution in [2.75, 3.05) is 51.2 Å². The van der Waals surface area contributed by atoms with Gasteiger partial charge in [0.25, 0.3) is 0 Å². The number of fused-ring (bicyclic) bond motifs is 1. The van der Waals surface area contributed by atoms with E-state index < -0.39 is 15.4 Å². The first-order valence-corrected chi connectivity index (χ1v) is 13.6. The van der Waals surface area contributed by atoms with Gasteiger partial charge in [-0.05, 0) is 63.4 Å². The van der Waals surface area contributed by atoms with Crippen molar-refractivity contribution in [2.24, 2.45) is 0 Å². The number of anilines is 1. The van der Waals surface area contributed by atoms with Gasteiger partial charge < -0.3 is 9.80 Å². The van der Waals surface area contributed by atoms with Crippen LogP contribution in [0, 0.1) is 0 Å². The molecular weight excluding hydrogens is 424 g/mol. The third-order valence-corrected chi connectivity index (χ3v) is 9.05. The van der Waals surface area contributed by atoms with Crippen LogP contribution in [-0.4, -0.2) is 76.5 Å². The van der Waals surface area contributed by atoms with Crippen molar-refractivity contribution < 1.29 is 13.2 Å². The molecule has 7 nitrogen and oxygen atoms in total. The Bertz CT molecular complexity index is 933. The highest BCUT2D eigenvalue weighted by Crippen LogP contribution is 2.41. The molecule has 0 aromatic heterocycles. The Morgan fingerprint density at radius 1 is 1.06 bits per heavy atom. The van der Waals surface area contributed by atoms with Crippen LogP contribution >= 0.6 is 0 Å². The van der Waals surface area contributed by atoms with Crippen molar-refractivity contribution in [3.8, 4) is 0 Å². The Morgan fingerprint density at radius 3 is 2.44 bits per heavy atom. The van der Waals surface area contributed by atoms with E-state index in [-0.39, 0.29) is 10.8 Å². The van der Waals surface area contributed by atoms with E-state index in [1.807, 2.05) is 13.8 Å². The standard InChI is InChI=1S/C24H38N4O3S/c1-24(2)21-18-20(10-11-22(21)26(3)23(24)29)32(30,31)25-12-7-13-27-14-16-28(17-15-27)19-8-5-4-6-9-19/h10-11,18-19,25H,4-9,12-17H2,1-3H3. The van der Waals surface area contributed by atoms with Crippen LogP contribution in [0.1, 0.15) is 57.9 Å². The molecule has 2 heterocycles. The summed E-state index contributed by atoms with van der Waals surface area (Å²) in [5.41, 5.74) is 0.838. The topological polar surface area (TPSA) is 73.0 Å². The zero-order chi connectivity index (χ0) is 22.9. The fourth-order valence-electron chi connectivity index (χ4n) is 5.51. The minimum atomic E-state index is -3.60. The Balaban J connectivity index is 1.25. The number of likely N-dealkylation sites (N-methyl/N-ethyl adjacent to an activating group) is 1. The highest BCUT2D eigenvalue weighted by molar-refractivity contribution is 7.89. The van der Waals surface area contributed by atoms with E-state index in [1.165, 1.54) is 32.1 Å². The molecule has 1 N–H and O–H groups in total. The van der Waals surface area contributed by atoms with E-state index in [4.69, 9.17) is 0 Å². The fourth-order valence-corrected chi connectivity index (χ4v) is 6.61. The van der Waals surface area contributed by atoms with E-state index in [1.54, 1.807) is 30.1 Å². The summed E-state index contributed by atoms with van der Waals surface area (Å²) in [6, 6.07) is 5.77. The predicted octanol–water partition coefficient (Wildman–Crippen LogP) is 2.56. The summed E-state index contributed by atoms with van der Waals surface area (Å²) in [7, 11) is -1.87. The molecule has 0 spiro atoms. The fraction of sp³-hybridized carbons (Fsp3) is 0.708. The lowest BCUT2D eigenvalue weighted by Gasteiger charge is -2.40. The molecule has 1 aromatic carbocycles. The molecule has 1 amide bonds. The molecule has 0 atom stereocenters. The lowest BCUT2D eigenvalue weighted by atomic mass is 9.86. The molecule has 0 radical (unpaired) electrons. The van der Waals surface area contributed by atoms with Crippen molar-refractivity contribution in [2.45, 2.75) is 68.7 Å². The molecule has 4 rings (SSSR count). The molecule has 0 unspecified atom stereocenters. The third kappa shape index (κ3) is 4.74. The number of rotatable bonds is 7. The second-order valence-corrected chi connectivity index (χ2v) is 11.9. The SMILES string of the molecule is CN1C(=O)C(C)(C)c2cc(S(=O)(=O)NCCCN3CCN(C4CCCCC4)CC3)ccc21. The van der Waals surface area contributed by atoms with Gasteiger partial charge in [-0.1, -0.05) is 19.3 Å². The summed E-state index contributed by atoms with van der Waals surface area (Å²) in [5.74, 6) is -0.0152. The Hall–Kier alpha value is -1.48. The number of sulfonamides is 1. The molecule has 32 heavy (non-hydrogen) atoms. The smallest absolute Gasteiger partial charge is 0.240 e. The summed E-state index contributed by atoms with van der Waals surface area (Å²) in [6.07, 6.45) is 7.64. The van der Waals surface area contributed by atoms with E-state index >= 15 is 0 Å². The summed E-state index contributed by atoms with van der Waals surface area (Å²) < 4.78 is 28.4. The van der Waals surface area contributed by atoms with E-state index in [9.17, 15) is 13.2 Å². The number of benzene rings is 1. The molecule has 1 aliphatic carbocycles. The number of amides is 1. The van der Waals surface area contributed by atoms with Gasteiger partial charge in [-0.15, -0.1) is 0 Å². The van der Waals surface area contributed by atoms with Crippen LogP contribution in [0.5, 0.6) is 0 Å². The van der Waals surface area contributed by atoms with Gasteiger partial charge in [0.1, 0.15) is 0 Å². The van der Waals surface area contributed by atoms with Crippen LogP contribution < -0.4 is 9.62 Å². The molecule has 1 saturated heterocycles. The van der Waals surface area contributed by atoms with Gasteiger partial charge in [-0.25, -0.2) is 13.1 Å². The lowest BCUT2D eigenvalue weighted by Crippen LogP contribution is -2.51. The third-order valence-electron chi connectivity index (χ3n) is 7.59. The van der Waals surface area contributed by atoms with E-state index in [2.05, 4.69) is 14.5 Å². The molecule has 2 fully saturated rings. The number of nitrogens with one attached hydrogen (secondary N) is 1. The van der Waals surface area contributed by atoms with Crippen LogP contribution in [0.2, 0.25) is 0 Å². The molecular formula is C24H38N4O3S. The monoisotopic (exact) mass is 462 g/mol. The minimum absolute atomic E-state index is 0.0152. The van der Waals surface area contributed by atoms with Crippen molar-refractivity contribution in [1.29, 1.82) is 0 Å². The second-order valence-electron chi connectivity index (χ2n) is 10.1. The van der Waals surface area contributed by atoms with Crippen molar-refractivity contribution in [1.82, 2.24) is 14.5 Å². The van der Waals surface area contributed by atoms with Gasteiger partial charge in [0.15, 0.2) is 0 Å². The van der Waals surface area contributed by atoms with Crippen LogP contribution in [0.3, 0.4) is 0 Å². The van der Waals surface area contributed by atoms with Crippen LogP contribution in [-0.2, 0) is 20.2 Å². The first-order chi connectivity index (χ1) is 15.2. The first kappa shape index (κ1) is 23.7. The number of carbonyl (C=O) groups excluding carboxylic acids is 1. The highest BCUT2D eigenvalue weighted by Gasteiger charge is 2.42. The van der Waals surface area contributed by atoms with Crippen molar-refractivity contribution in [3.63, 3.8) is 0 Å². The van der Waals surface area contributed by atoms with E-state index in [0.29, 0.717) is 6.54 Å². The van der Waals surface area contributed by atoms with Crippen molar-refractivity contribution >= 4 is 21.6 Å². The Kier molecular flexibility index (Phi) is 6.96. The van der Waals surface area contributed by atoms with Gasteiger partial charge in [0.05, 0.1) is 10.3 Å².